The first-order chi connectivity index (χ1) is 9.15. The molecule has 1 heterocycles. The number of rotatable bonds is 4. The standard InChI is InChI=1S/C14H15ClN4/c1-10(2)19(9-5-8-16)14-12-7-4-3-6-11(12)13(15)17-18-14/h3-4,6-7,10H,5,9H2,1-2H3. The molecular weight excluding hydrogens is 260 g/mol. The Balaban J connectivity index is 2.54. The first-order valence-electron chi connectivity index (χ1n) is 6.19. The van der Waals surface area contributed by atoms with Crippen LogP contribution in [-0.2, 0) is 0 Å². The molecule has 0 fully saturated rings. The van der Waals surface area contributed by atoms with E-state index in [1.54, 1.807) is 0 Å². The second-order valence-electron chi connectivity index (χ2n) is 4.56. The number of aromatic nitrogens is 2. The first-order valence-corrected chi connectivity index (χ1v) is 6.57. The van der Waals surface area contributed by atoms with Crippen LogP contribution in [0, 0.1) is 11.3 Å². The van der Waals surface area contributed by atoms with Gasteiger partial charge in [-0.3, -0.25) is 0 Å². The van der Waals surface area contributed by atoms with Crippen LogP contribution in [-0.4, -0.2) is 22.8 Å². The van der Waals surface area contributed by atoms with E-state index in [2.05, 4.69) is 35.0 Å². The van der Waals surface area contributed by atoms with Gasteiger partial charge in [0.2, 0.25) is 0 Å². The minimum Gasteiger partial charge on any atom is -0.351 e. The maximum atomic E-state index is 8.77. The molecule has 0 bridgehead atoms. The van der Waals surface area contributed by atoms with Crippen molar-refractivity contribution in [1.82, 2.24) is 10.2 Å². The van der Waals surface area contributed by atoms with E-state index in [9.17, 15) is 0 Å². The van der Waals surface area contributed by atoms with E-state index in [1.807, 2.05) is 24.3 Å². The first kappa shape index (κ1) is 13.6. The average molecular weight is 275 g/mol. The smallest absolute Gasteiger partial charge is 0.159 e. The molecule has 0 aliphatic rings. The minimum absolute atomic E-state index is 0.243. The highest BCUT2D eigenvalue weighted by Crippen LogP contribution is 2.29. The van der Waals surface area contributed by atoms with Gasteiger partial charge in [0.1, 0.15) is 0 Å². The van der Waals surface area contributed by atoms with E-state index in [4.69, 9.17) is 16.9 Å². The minimum atomic E-state index is 0.243. The highest BCUT2D eigenvalue weighted by atomic mass is 35.5. The lowest BCUT2D eigenvalue weighted by molar-refractivity contribution is 0.674. The predicted molar refractivity (Wildman–Crippen MR) is 77.3 cm³/mol. The molecule has 0 amide bonds. The van der Waals surface area contributed by atoms with Gasteiger partial charge in [0, 0.05) is 23.4 Å². The Labute approximate surface area is 117 Å². The van der Waals surface area contributed by atoms with Gasteiger partial charge in [-0.25, -0.2) is 0 Å². The van der Waals surface area contributed by atoms with Gasteiger partial charge in [0.05, 0.1) is 12.5 Å². The Hall–Kier alpha value is -1.86. The quantitative estimate of drug-likeness (QED) is 0.857. The van der Waals surface area contributed by atoms with Crippen LogP contribution in [0.3, 0.4) is 0 Å². The zero-order chi connectivity index (χ0) is 13.8. The molecule has 2 rings (SSSR count). The molecule has 0 N–H and O–H groups in total. The van der Waals surface area contributed by atoms with Crippen LogP contribution >= 0.6 is 11.6 Å². The second-order valence-corrected chi connectivity index (χ2v) is 4.91. The number of nitriles is 1. The third-order valence-corrected chi connectivity index (χ3v) is 3.26. The Morgan fingerprint density at radius 3 is 2.58 bits per heavy atom. The van der Waals surface area contributed by atoms with Gasteiger partial charge in [-0.1, -0.05) is 35.9 Å². The Morgan fingerprint density at radius 2 is 1.95 bits per heavy atom. The molecule has 0 saturated heterocycles. The molecule has 0 saturated carbocycles. The van der Waals surface area contributed by atoms with Crippen molar-refractivity contribution in [2.24, 2.45) is 0 Å². The molecule has 0 atom stereocenters. The summed E-state index contributed by atoms with van der Waals surface area (Å²) < 4.78 is 0. The van der Waals surface area contributed by atoms with Crippen molar-refractivity contribution in [2.45, 2.75) is 26.3 Å². The summed E-state index contributed by atoms with van der Waals surface area (Å²) in [5, 5.41) is 19.3. The molecule has 5 heteroatoms. The largest absolute Gasteiger partial charge is 0.351 e. The lowest BCUT2D eigenvalue weighted by Gasteiger charge is -2.27. The summed E-state index contributed by atoms with van der Waals surface area (Å²) in [6, 6.07) is 10.2. The van der Waals surface area contributed by atoms with Crippen molar-refractivity contribution in [2.75, 3.05) is 11.4 Å². The molecule has 0 aliphatic heterocycles. The van der Waals surface area contributed by atoms with Crippen LogP contribution < -0.4 is 4.90 Å². The van der Waals surface area contributed by atoms with Crippen LogP contribution in [0.25, 0.3) is 10.8 Å². The van der Waals surface area contributed by atoms with E-state index in [1.165, 1.54) is 0 Å². The lowest BCUT2D eigenvalue weighted by atomic mass is 10.1. The lowest BCUT2D eigenvalue weighted by Crippen LogP contribution is -2.32. The normalized spacial score (nSPS) is 10.7. The predicted octanol–water partition coefficient (Wildman–Crippen LogP) is 3.41. The second kappa shape index (κ2) is 5.85. The van der Waals surface area contributed by atoms with Crippen molar-refractivity contribution >= 4 is 28.2 Å². The van der Waals surface area contributed by atoms with Crippen LogP contribution in [0.4, 0.5) is 5.82 Å². The maximum Gasteiger partial charge on any atom is 0.159 e. The van der Waals surface area contributed by atoms with Gasteiger partial charge in [-0.2, -0.15) is 5.26 Å². The summed E-state index contributed by atoms with van der Waals surface area (Å²) in [4.78, 5) is 2.08. The maximum absolute atomic E-state index is 8.77. The molecule has 19 heavy (non-hydrogen) atoms. The zero-order valence-electron chi connectivity index (χ0n) is 11.0. The fourth-order valence-corrected chi connectivity index (χ4v) is 2.25. The third kappa shape index (κ3) is 2.77. The third-order valence-electron chi connectivity index (χ3n) is 2.98. The number of halogens is 1. The number of benzene rings is 1. The number of hydrogen-bond donors (Lipinski definition) is 0. The summed E-state index contributed by atoms with van der Waals surface area (Å²) in [5.74, 6) is 0.783. The van der Waals surface area contributed by atoms with E-state index in [0.29, 0.717) is 18.1 Å². The van der Waals surface area contributed by atoms with Crippen molar-refractivity contribution in [3.05, 3.63) is 29.4 Å². The summed E-state index contributed by atoms with van der Waals surface area (Å²) >= 11 is 6.07. The molecule has 0 radical (unpaired) electrons. The molecule has 4 nitrogen and oxygen atoms in total. The van der Waals surface area contributed by atoms with Gasteiger partial charge in [0.15, 0.2) is 11.0 Å². The Morgan fingerprint density at radius 1 is 1.26 bits per heavy atom. The van der Waals surface area contributed by atoms with Crippen molar-refractivity contribution in [1.29, 1.82) is 5.26 Å². The van der Waals surface area contributed by atoms with Crippen molar-refractivity contribution in [3.8, 4) is 6.07 Å². The zero-order valence-corrected chi connectivity index (χ0v) is 11.7. The Kier molecular flexibility index (Phi) is 4.18. The number of hydrogen-bond acceptors (Lipinski definition) is 4. The molecule has 0 aliphatic carbocycles. The van der Waals surface area contributed by atoms with Crippen LogP contribution in [0.15, 0.2) is 24.3 Å². The van der Waals surface area contributed by atoms with Crippen LogP contribution in [0.5, 0.6) is 0 Å². The van der Waals surface area contributed by atoms with E-state index >= 15 is 0 Å². The summed E-state index contributed by atoms with van der Waals surface area (Å²) in [7, 11) is 0. The van der Waals surface area contributed by atoms with E-state index in [-0.39, 0.29) is 6.04 Å². The van der Waals surface area contributed by atoms with Crippen molar-refractivity contribution < 1.29 is 0 Å². The monoisotopic (exact) mass is 274 g/mol. The molecule has 98 valence electrons. The van der Waals surface area contributed by atoms with Gasteiger partial charge in [-0.15, -0.1) is 10.2 Å². The van der Waals surface area contributed by atoms with E-state index in [0.717, 1.165) is 16.6 Å². The SMILES string of the molecule is CC(C)N(CCC#N)c1nnc(Cl)c2ccccc12. The fraction of sp³-hybridized carbons (Fsp3) is 0.357. The number of anilines is 1. The molecule has 1 aromatic heterocycles. The van der Waals surface area contributed by atoms with Crippen molar-refractivity contribution in [3.63, 3.8) is 0 Å². The summed E-state index contributed by atoms with van der Waals surface area (Å²) in [5.41, 5.74) is 0. The van der Waals surface area contributed by atoms with Gasteiger partial charge in [-0.05, 0) is 13.8 Å². The Bertz CT molecular complexity index is 618. The number of nitrogens with zero attached hydrogens (tertiary/aromatic N) is 4. The molecule has 2 aromatic rings. The van der Waals surface area contributed by atoms with Gasteiger partial charge in [0.25, 0.3) is 0 Å². The van der Waals surface area contributed by atoms with Crippen LogP contribution in [0.2, 0.25) is 5.15 Å². The van der Waals surface area contributed by atoms with Crippen LogP contribution in [0.1, 0.15) is 20.3 Å². The highest BCUT2D eigenvalue weighted by Gasteiger charge is 2.16. The number of fused-ring (bicyclic) bond motifs is 1. The molecule has 0 unspecified atom stereocenters. The highest BCUT2D eigenvalue weighted by molar-refractivity contribution is 6.34. The van der Waals surface area contributed by atoms with E-state index < -0.39 is 0 Å². The van der Waals surface area contributed by atoms with Gasteiger partial charge < -0.3 is 4.90 Å². The van der Waals surface area contributed by atoms with Gasteiger partial charge >= 0.3 is 0 Å². The topological polar surface area (TPSA) is 52.8 Å². The molecule has 1 aromatic carbocycles. The fourth-order valence-electron chi connectivity index (χ4n) is 2.05. The summed E-state index contributed by atoms with van der Waals surface area (Å²) in [6.07, 6.45) is 0.455. The molecular formula is C14H15ClN4. The molecule has 0 spiro atoms. The average Bonchev–Trinajstić information content (AvgIpc) is 2.41. The summed E-state index contributed by atoms with van der Waals surface area (Å²) in [6.45, 7) is 4.78.